The summed E-state index contributed by atoms with van der Waals surface area (Å²) < 4.78 is 0. The number of urea groups is 1. The molecule has 0 saturated carbocycles. The number of amidine groups is 1. The molecule has 1 unspecified atom stereocenters. The normalized spacial score (nSPS) is 11.3. The number of benzene rings is 3. The monoisotopic (exact) mass is 463 g/mol. The molecule has 7 nitrogen and oxygen atoms in total. The van der Waals surface area contributed by atoms with Crippen LogP contribution < -0.4 is 16.0 Å². The first-order chi connectivity index (χ1) is 15.7. The summed E-state index contributed by atoms with van der Waals surface area (Å²) in [6.07, 6.45) is 0. The summed E-state index contributed by atoms with van der Waals surface area (Å²) in [5, 5.41) is 17.0. The highest BCUT2D eigenvalue weighted by Crippen LogP contribution is 2.21. The number of carbonyl (C=O) groups excluding carboxylic acids is 2. The Morgan fingerprint density at radius 2 is 1.45 bits per heavy atom. The standard InChI is InChI=1S/C25H26ClN5O2/c1-16-6-4-5-7-21(16)22(30-25(33)29-20-14-10-18(26)11-15-20)24(32)28-19-12-8-17(9-13-19)23(27)31(2)3/h4-15,22,27H,1-3H3,(H,28,32)(H2,29,30,33). The summed E-state index contributed by atoms with van der Waals surface area (Å²) in [7, 11) is 3.59. The van der Waals surface area contributed by atoms with Crippen LogP contribution in [0.15, 0.2) is 72.8 Å². The topological polar surface area (TPSA) is 97.3 Å². The second-order valence-corrected chi connectivity index (χ2v) is 8.14. The molecule has 3 aromatic carbocycles. The molecular weight excluding hydrogens is 438 g/mol. The zero-order valence-corrected chi connectivity index (χ0v) is 19.4. The van der Waals surface area contributed by atoms with Crippen molar-refractivity contribution in [2.75, 3.05) is 24.7 Å². The molecule has 0 heterocycles. The Morgan fingerprint density at radius 1 is 0.879 bits per heavy atom. The highest BCUT2D eigenvalue weighted by atomic mass is 35.5. The number of nitrogens with zero attached hydrogens (tertiary/aromatic N) is 1. The van der Waals surface area contributed by atoms with Gasteiger partial charge in [0.15, 0.2) is 0 Å². The number of rotatable bonds is 6. The van der Waals surface area contributed by atoms with E-state index in [1.54, 1.807) is 67.5 Å². The van der Waals surface area contributed by atoms with E-state index < -0.39 is 12.1 Å². The van der Waals surface area contributed by atoms with Crippen LogP contribution in [-0.2, 0) is 4.79 Å². The van der Waals surface area contributed by atoms with Crippen molar-refractivity contribution in [1.82, 2.24) is 10.2 Å². The van der Waals surface area contributed by atoms with E-state index in [1.165, 1.54) is 0 Å². The van der Waals surface area contributed by atoms with Crippen molar-refractivity contribution in [3.63, 3.8) is 0 Å². The molecule has 4 N–H and O–H groups in total. The van der Waals surface area contributed by atoms with Gasteiger partial charge in [0.05, 0.1) is 0 Å². The molecule has 170 valence electrons. The molecule has 0 bridgehead atoms. The van der Waals surface area contributed by atoms with Gasteiger partial charge in [0.2, 0.25) is 0 Å². The number of aryl methyl sites for hydroxylation is 1. The Balaban J connectivity index is 1.78. The summed E-state index contributed by atoms with van der Waals surface area (Å²) in [4.78, 5) is 27.6. The van der Waals surface area contributed by atoms with Crippen molar-refractivity contribution in [3.05, 3.63) is 94.5 Å². The maximum absolute atomic E-state index is 13.2. The smallest absolute Gasteiger partial charge is 0.320 e. The average molecular weight is 464 g/mol. The zero-order valence-electron chi connectivity index (χ0n) is 18.6. The van der Waals surface area contributed by atoms with Crippen LogP contribution in [0.3, 0.4) is 0 Å². The lowest BCUT2D eigenvalue weighted by Crippen LogP contribution is -2.39. The van der Waals surface area contributed by atoms with Crippen LogP contribution in [0.5, 0.6) is 0 Å². The Bertz CT molecular complexity index is 1140. The van der Waals surface area contributed by atoms with Gasteiger partial charge in [0, 0.05) is 36.1 Å². The fraction of sp³-hybridized carbons (Fsp3) is 0.160. The van der Waals surface area contributed by atoms with E-state index in [9.17, 15) is 9.59 Å². The van der Waals surface area contributed by atoms with Gasteiger partial charge in [-0.05, 0) is 66.6 Å². The van der Waals surface area contributed by atoms with Gasteiger partial charge in [-0.1, -0.05) is 35.9 Å². The Labute approximate surface area is 198 Å². The van der Waals surface area contributed by atoms with Gasteiger partial charge in [-0.3, -0.25) is 10.2 Å². The predicted octanol–water partition coefficient (Wildman–Crippen LogP) is 5.04. The van der Waals surface area contributed by atoms with Crippen LogP contribution in [0.25, 0.3) is 0 Å². The number of halogens is 1. The minimum absolute atomic E-state index is 0.367. The van der Waals surface area contributed by atoms with E-state index in [-0.39, 0.29) is 5.91 Å². The number of amides is 3. The fourth-order valence-electron chi connectivity index (χ4n) is 3.21. The first-order valence-electron chi connectivity index (χ1n) is 10.3. The quantitative estimate of drug-likeness (QED) is 0.304. The molecule has 33 heavy (non-hydrogen) atoms. The third-order valence-electron chi connectivity index (χ3n) is 5.01. The molecule has 0 fully saturated rings. The summed E-state index contributed by atoms with van der Waals surface area (Å²) in [5.74, 6) is -0.0165. The third-order valence-corrected chi connectivity index (χ3v) is 5.26. The van der Waals surface area contributed by atoms with Crippen molar-refractivity contribution in [2.45, 2.75) is 13.0 Å². The number of anilines is 2. The second-order valence-electron chi connectivity index (χ2n) is 7.70. The van der Waals surface area contributed by atoms with Crippen LogP contribution in [0.2, 0.25) is 5.02 Å². The third kappa shape index (κ3) is 6.33. The molecule has 0 aromatic heterocycles. The molecule has 0 aliphatic rings. The lowest BCUT2D eigenvalue weighted by molar-refractivity contribution is -0.118. The van der Waals surface area contributed by atoms with E-state index in [4.69, 9.17) is 17.0 Å². The first-order valence-corrected chi connectivity index (χ1v) is 10.7. The molecule has 0 aliphatic carbocycles. The summed E-state index contributed by atoms with van der Waals surface area (Å²) in [6.45, 7) is 1.88. The minimum atomic E-state index is -0.918. The van der Waals surface area contributed by atoms with Crippen molar-refractivity contribution in [2.24, 2.45) is 0 Å². The Hall–Kier alpha value is -3.84. The Kier molecular flexibility index (Phi) is 7.69. The van der Waals surface area contributed by atoms with E-state index >= 15 is 0 Å². The van der Waals surface area contributed by atoms with Crippen LogP contribution in [-0.4, -0.2) is 36.8 Å². The maximum atomic E-state index is 13.2. The van der Waals surface area contributed by atoms with Crippen LogP contribution in [0, 0.1) is 12.3 Å². The van der Waals surface area contributed by atoms with E-state index in [1.807, 2.05) is 31.2 Å². The van der Waals surface area contributed by atoms with Gasteiger partial charge < -0.3 is 20.9 Å². The summed E-state index contributed by atoms with van der Waals surface area (Å²) in [5.41, 5.74) is 3.41. The van der Waals surface area contributed by atoms with E-state index in [0.717, 1.165) is 11.1 Å². The van der Waals surface area contributed by atoms with Crippen LogP contribution in [0.1, 0.15) is 22.7 Å². The SMILES string of the molecule is Cc1ccccc1C(NC(=O)Nc1ccc(Cl)cc1)C(=O)Nc1ccc(C(=N)N(C)C)cc1. The average Bonchev–Trinajstić information content (AvgIpc) is 2.79. The van der Waals surface area contributed by atoms with Gasteiger partial charge in [-0.15, -0.1) is 0 Å². The van der Waals surface area contributed by atoms with Gasteiger partial charge >= 0.3 is 6.03 Å². The molecule has 0 aliphatic heterocycles. The molecule has 3 rings (SSSR count). The van der Waals surface area contributed by atoms with Crippen molar-refractivity contribution < 1.29 is 9.59 Å². The number of hydrogen-bond donors (Lipinski definition) is 4. The molecule has 3 amide bonds. The zero-order chi connectivity index (χ0) is 24.0. The summed E-state index contributed by atoms with van der Waals surface area (Å²) >= 11 is 5.90. The van der Waals surface area contributed by atoms with Gasteiger partial charge in [0.25, 0.3) is 5.91 Å². The first kappa shape index (κ1) is 23.8. The highest BCUT2D eigenvalue weighted by Gasteiger charge is 2.24. The van der Waals surface area contributed by atoms with Gasteiger partial charge in [-0.25, -0.2) is 4.79 Å². The second kappa shape index (κ2) is 10.7. The van der Waals surface area contributed by atoms with Gasteiger partial charge in [0.1, 0.15) is 11.9 Å². The molecule has 1 atom stereocenters. The van der Waals surface area contributed by atoms with Gasteiger partial charge in [-0.2, -0.15) is 0 Å². The molecule has 0 spiro atoms. The predicted molar refractivity (Wildman–Crippen MR) is 133 cm³/mol. The molecular formula is C25H26ClN5O2. The fourth-order valence-corrected chi connectivity index (χ4v) is 3.34. The van der Waals surface area contributed by atoms with Crippen molar-refractivity contribution in [3.8, 4) is 0 Å². The van der Waals surface area contributed by atoms with Crippen molar-refractivity contribution in [1.29, 1.82) is 5.41 Å². The molecule has 3 aromatic rings. The van der Waals surface area contributed by atoms with Crippen molar-refractivity contribution >= 4 is 40.7 Å². The minimum Gasteiger partial charge on any atom is -0.363 e. The molecule has 0 radical (unpaired) electrons. The molecule has 0 saturated heterocycles. The maximum Gasteiger partial charge on any atom is 0.320 e. The highest BCUT2D eigenvalue weighted by molar-refractivity contribution is 6.30. The lowest BCUT2D eigenvalue weighted by atomic mass is 10.0. The lowest BCUT2D eigenvalue weighted by Gasteiger charge is -2.21. The van der Waals surface area contributed by atoms with E-state index in [0.29, 0.717) is 27.8 Å². The summed E-state index contributed by atoms with van der Waals surface area (Å²) in [6, 6.07) is 19.6. The largest absolute Gasteiger partial charge is 0.363 e. The van der Waals surface area contributed by atoms with Crippen LogP contribution >= 0.6 is 11.6 Å². The Morgan fingerprint density at radius 3 is 2.06 bits per heavy atom. The number of hydrogen-bond acceptors (Lipinski definition) is 3. The number of carbonyl (C=O) groups is 2. The molecule has 8 heteroatoms. The number of nitrogens with one attached hydrogen (secondary N) is 4. The van der Waals surface area contributed by atoms with E-state index in [2.05, 4.69) is 16.0 Å². The van der Waals surface area contributed by atoms with Crippen LogP contribution in [0.4, 0.5) is 16.2 Å².